The van der Waals surface area contributed by atoms with Crippen molar-refractivity contribution < 1.29 is 72.7 Å². The van der Waals surface area contributed by atoms with E-state index in [1.807, 2.05) is 37.7 Å². The highest BCUT2D eigenvalue weighted by Gasteiger charge is 2.53. The summed E-state index contributed by atoms with van der Waals surface area (Å²) in [5.74, 6) is -2.90. The number of halogens is 1. The predicted octanol–water partition coefficient (Wildman–Crippen LogP) is 3.82. The second-order valence-corrected chi connectivity index (χ2v) is 21.8. The Balaban J connectivity index is 1.45. The third-order valence-electron chi connectivity index (χ3n) is 15.9. The first-order valence-corrected chi connectivity index (χ1v) is 25.6. The van der Waals surface area contributed by atoms with Crippen LogP contribution in [0.2, 0.25) is 0 Å². The number of methoxy groups -OCH3 is 2. The van der Waals surface area contributed by atoms with Crippen LogP contribution >= 0.6 is 0 Å². The smallest absolute Gasteiger partial charge is 0.311 e. The van der Waals surface area contributed by atoms with Gasteiger partial charge in [-0.1, -0.05) is 50.3 Å². The largest absolute Gasteiger partial charge is 0.459 e. The van der Waals surface area contributed by atoms with Crippen LogP contribution in [0.5, 0.6) is 0 Å². The van der Waals surface area contributed by atoms with Crippen LogP contribution in [0.4, 0.5) is 4.39 Å². The van der Waals surface area contributed by atoms with Gasteiger partial charge in [-0.15, -0.1) is 5.10 Å². The van der Waals surface area contributed by atoms with Gasteiger partial charge in [0.15, 0.2) is 12.6 Å². The fraction of sp³-hybridized carbons (Fsp3) is 0.808. The summed E-state index contributed by atoms with van der Waals surface area (Å²) >= 11 is 0. The lowest BCUT2D eigenvalue weighted by atomic mass is 9.77. The lowest BCUT2D eigenvalue weighted by molar-refractivity contribution is -0.318. The predicted molar refractivity (Wildman–Crippen MR) is 263 cm³/mol. The lowest BCUT2D eigenvalue weighted by Gasteiger charge is -2.49. The average Bonchev–Trinajstić information content (AvgIpc) is 3.81. The van der Waals surface area contributed by atoms with Gasteiger partial charge in [-0.25, -0.2) is 9.07 Å². The fourth-order valence-electron chi connectivity index (χ4n) is 11.3. The summed E-state index contributed by atoms with van der Waals surface area (Å²) in [6.07, 6.45) is -7.45. The fourth-order valence-corrected chi connectivity index (χ4v) is 11.3. The van der Waals surface area contributed by atoms with Crippen molar-refractivity contribution in [2.75, 3.05) is 48.1 Å². The number of benzene rings is 1. The second-order valence-electron chi connectivity index (χ2n) is 21.8. The molecule has 72 heavy (non-hydrogen) atoms. The molecule has 2 aromatic rings. The molecular formula is C52H86FN5O14. The van der Waals surface area contributed by atoms with Gasteiger partial charge in [0.05, 0.1) is 47.2 Å². The number of ether oxygens (including phenoxy) is 7. The Hall–Kier alpha value is -3.09. The molecule has 0 radical (unpaired) electrons. The second kappa shape index (κ2) is 25.2. The van der Waals surface area contributed by atoms with Crippen LogP contribution in [0.15, 0.2) is 30.5 Å². The number of esters is 1. The van der Waals surface area contributed by atoms with Gasteiger partial charge in [-0.2, -0.15) is 0 Å². The van der Waals surface area contributed by atoms with Crippen LogP contribution in [0.1, 0.15) is 129 Å². The zero-order valence-corrected chi connectivity index (χ0v) is 45.0. The zero-order valence-electron chi connectivity index (χ0n) is 45.0. The third-order valence-corrected chi connectivity index (χ3v) is 15.9. The number of hydrogen-bond acceptors (Lipinski definition) is 18. The molecule has 0 aliphatic carbocycles. The molecule has 3 fully saturated rings. The van der Waals surface area contributed by atoms with E-state index in [-0.39, 0.29) is 25.2 Å². The average molecular weight is 1020 g/mol. The van der Waals surface area contributed by atoms with Crippen LogP contribution in [-0.2, 0) is 44.4 Å². The molecule has 3 aliphatic heterocycles. The van der Waals surface area contributed by atoms with E-state index in [1.54, 1.807) is 78.9 Å². The van der Waals surface area contributed by atoms with Gasteiger partial charge in [-0.05, 0) is 93.3 Å². The van der Waals surface area contributed by atoms with Crippen molar-refractivity contribution in [2.24, 2.45) is 17.8 Å². The molecule has 20 atom stereocenters. The summed E-state index contributed by atoms with van der Waals surface area (Å²) in [5, 5.41) is 68.3. The summed E-state index contributed by atoms with van der Waals surface area (Å²) in [5.41, 5.74) is -2.86. The number of carbonyl (C=O) groups is 2. The van der Waals surface area contributed by atoms with Crippen LogP contribution in [0.25, 0.3) is 0 Å². The highest BCUT2D eigenvalue weighted by molar-refractivity contribution is 5.74. The molecule has 0 bridgehead atoms. The number of likely N-dealkylation sites (N-methyl/N-ethyl adjacent to an activating group) is 2. The van der Waals surface area contributed by atoms with Crippen LogP contribution in [0.3, 0.4) is 0 Å². The monoisotopic (exact) mass is 1020 g/mol. The van der Waals surface area contributed by atoms with Gasteiger partial charge in [0.1, 0.15) is 55.1 Å². The summed E-state index contributed by atoms with van der Waals surface area (Å²) in [4.78, 5) is 29.6. The summed E-state index contributed by atoms with van der Waals surface area (Å²) in [6, 6.07) is 4.80. The number of aliphatic hydroxyl groups is 5. The minimum Gasteiger partial charge on any atom is -0.459 e. The minimum absolute atomic E-state index is 0.0792. The van der Waals surface area contributed by atoms with E-state index in [1.165, 1.54) is 25.8 Å². The number of hydrogen-bond donors (Lipinski definition) is 5. The van der Waals surface area contributed by atoms with Gasteiger partial charge in [0.25, 0.3) is 0 Å². The molecule has 1 aromatic carbocycles. The number of cyclic esters (lactones) is 1. The highest BCUT2D eigenvalue weighted by Crippen LogP contribution is 2.40. The van der Waals surface area contributed by atoms with E-state index < -0.39 is 127 Å². The van der Waals surface area contributed by atoms with E-state index in [4.69, 9.17) is 33.2 Å². The molecule has 20 heteroatoms. The molecule has 410 valence electrons. The summed E-state index contributed by atoms with van der Waals surface area (Å²) < 4.78 is 60.0. The number of alkyl halides is 1. The molecule has 3 aliphatic rings. The molecule has 4 heterocycles. The standard InChI is InChI=1S/C52H86FN5O14/c1-15-40-52(10,65)45(61)33(6)57(12)26-29(2)23-50(8,64)47(31(4)43(32(5)48(63)70-40)71-41-24-51(9,67-14)46(62)34(7)69-41)72-49-42(60)38(22-30(3)68-49)56(11)21-20-37-27-58(55-54-37)39(25-53)44(66-13)36-18-16-35(28-59)17-19-36/h16-19,27-34,38-47,49,60-62,64-65H,15,20-26H2,1-14H3/t29-,30-,31+,32-,33-,34+,38+,39-,40-,41+,42-,43+,44-,45-,46+,47-,49+,50-,51-,52-/m1/s1. The first-order valence-electron chi connectivity index (χ1n) is 25.6. The summed E-state index contributed by atoms with van der Waals surface area (Å²) in [6.45, 7) is 17.4. The normalized spacial score (nSPS) is 40.0. The maximum atomic E-state index is 14.7. The molecular weight excluding hydrogens is 938 g/mol. The Labute approximate surface area is 425 Å². The SMILES string of the molecule is CC[C@H]1OC(=O)[C@H](C)[C@@H](O[C@H]2C[C@@](C)(OC)[C@@H](O)[C@H](C)O2)[C@H](C)[C@@H](O[C@@H]2O[C@H](C)C[C@H](N(C)CCc3cn([C@H](CF)[C@H](OC)c4ccc(C=O)cc4)nn3)[C@H]2O)[C@](C)(O)C[C@@H](C)CN(C)[C@H](C)[C@@H](O)[C@]1(C)O. The molecule has 5 rings (SSSR count). The Bertz CT molecular complexity index is 2020. The highest BCUT2D eigenvalue weighted by atomic mass is 19.1. The maximum Gasteiger partial charge on any atom is 0.311 e. The molecule has 1 aromatic heterocycles. The Morgan fingerprint density at radius 1 is 0.986 bits per heavy atom. The number of carbonyl (C=O) groups excluding carboxylic acids is 2. The quantitative estimate of drug-likeness (QED) is 0.119. The first kappa shape index (κ1) is 59.8. The molecule has 0 amide bonds. The van der Waals surface area contributed by atoms with Gasteiger partial charge in [0.2, 0.25) is 0 Å². The van der Waals surface area contributed by atoms with Crippen molar-refractivity contribution in [1.29, 1.82) is 0 Å². The van der Waals surface area contributed by atoms with Gasteiger partial charge >= 0.3 is 5.97 Å². The van der Waals surface area contributed by atoms with Crippen molar-refractivity contribution in [1.82, 2.24) is 24.8 Å². The van der Waals surface area contributed by atoms with Crippen molar-refractivity contribution in [2.45, 2.75) is 204 Å². The van der Waals surface area contributed by atoms with E-state index in [9.17, 15) is 39.5 Å². The first-order chi connectivity index (χ1) is 33.8. The third kappa shape index (κ3) is 13.7. The number of aldehydes is 1. The Morgan fingerprint density at radius 2 is 1.65 bits per heavy atom. The van der Waals surface area contributed by atoms with E-state index in [0.717, 1.165) is 6.29 Å². The molecule has 0 spiro atoms. The molecule has 3 saturated heterocycles. The van der Waals surface area contributed by atoms with Crippen LogP contribution in [0, 0.1) is 17.8 Å². The van der Waals surface area contributed by atoms with E-state index in [0.29, 0.717) is 42.8 Å². The molecule has 0 unspecified atom stereocenters. The Morgan fingerprint density at radius 3 is 2.25 bits per heavy atom. The molecule has 19 nitrogen and oxygen atoms in total. The number of aromatic nitrogens is 3. The van der Waals surface area contributed by atoms with Gasteiger partial charge in [-0.3, -0.25) is 9.59 Å². The Kier molecular flexibility index (Phi) is 20.9. The van der Waals surface area contributed by atoms with Crippen molar-refractivity contribution >= 4 is 12.3 Å². The van der Waals surface area contributed by atoms with Crippen molar-refractivity contribution in [3.8, 4) is 0 Å². The van der Waals surface area contributed by atoms with Crippen molar-refractivity contribution in [3.63, 3.8) is 0 Å². The number of rotatable bonds is 16. The van der Waals surface area contributed by atoms with Crippen LogP contribution < -0.4 is 0 Å². The van der Waals surface area contributed by atoms with Crippen molar-refractivity contribution in [3.05, 3.63) is 47.3 Å². The van der Waals surface area contributed by atoms with Crippen LogP contribution in [-0.4, -0.2) is 201 Å². The molecule has 0 saturated carbocycles. The lowest BCUT2D eigenvalue weighted by Crippen LogP contribution is -2.61. The summed E-state index contributed by atoms with van der Waals surface area (Å²) in [7, 11) is 6.67. The minimum atomic E-state index is -1.86. The van der Waals surface area contributed by atoms with Gasteiger partial charge in [0, 0.05) is 69.9 Å². The van der Waals surface area contributed by atoms with E-state index in [2.05, 4.69) is 10.3 Å². The number of aliphatic hydroxyl groups excluding tert-OH is 3. The van der Waals surface area contributed by atoms with E-state index >= 15 is 0 Å². The zero-order chi connectivity index (χ0) is 53.6. The number of nitrogens with zero attached hydrogens (tertiary/aromatic N) is 5. The molecule has 5 N–H and O–H groups in total. The topological polar surface area (TPSA) is 237 Å². The maximum absolute atomic E-state index is 14.7. The van der Waals surface area contributed by atoms with Gasteiger partial charge < -0.3 is 68.5 Å².